The van der Waals surface area contributed by atoms with Crippen LogP contribution in [-0.2, 0) is 9.59 Å². The Morgan fingerprint density at radius 1 is 0.909 bits per heavy atom. The van der Waals surface area contributed by atoms with Crippen molar-refractivity contribution in [1.82, 2.24) is 19.7 Å². The smallest absolute Gasteiger partial charge is 0.323 e. The molecule has 0 radical (unpaired) electrons. The maximum Gasteiger partial charge on any atom is 0.323 e. The van der Waals surface area contributed by atoms with E-state index in [1.54, 1.807) is 41.3 Å². The number of likely N-dealkylation sites (N-methyl/N-ethyl adjacent to an activating group) is 1. The van der Waals surface area contributed by atoms with E-state index in [9.17, 15) is 18.8 Å². The summed E-state index contributed by atoms with van der Waals surface area (Å²) in [5.74, 6) is -0.824. The van der Waals surface area contributed by atoms with E-state index in [2.05, 4.69) is 30.7 Å². The highest BCUT2D eigenvalue weighted by Gasteiger charge is 2.56. The number of carbonyl (C=O) groups excluding carboxylic acids is 3. The van der Waals surface area contributed by atoms with Gasteiger partial charge in [0.1, 0.15) is 28.5 Å². The van der Waals surface area contributed by atoms with Gasteiger partial charge >= 0.3 is 6.03 Å². The molecule has 0 spiro atoms. The van der Waals surface area contributed by atoms with Gasteiger partial charge in [-0.2, -0.15) is 0 Å². The standard InChI is InChI=1S/C32H38FN7O4/c1-38(2)17-18-39-15-6-16-40(20-19-39)31(43)37-28-22-25(11-14-34-28)44-24-9-10-27(26(33)21-24)36-30(42)32(12-13-32)29(41)35-23-7-4-3-5-8-23/h3-5,7-11,14,21-22H,6,12-13,15-20H2,1-2H3,(H,35,41)(H,36,42)(H,34,37,43). The zero-order valence-corrected chi connectivity index (χ0v) is 25.0. The number of rotatable bonds is 10. The van der Waals surface area contributed by atoms with E-state index in [0.717, 1.165) is 38.7 Å². The van der Waals surface area contributed by atoms with Crippen molar-refractivity contribution < 1.29 is 23.5 Å². The van der Waals surface area contributed by atoms with E-state index in [4.69, 9.17) is 4.74 Å². The molecule has 3 N–H and O–H groups in total. The Morgan fingerprint density at radius 3 is 2.39 bits per heavy atom. The lowest BCUT2D eigenvalue weighted by atomic mass is 10.0. The van der Waals surface area contributed by atoms with Crippen molar-refractivity contribution in [3.63, 3.8) is 0 Å². The largest absolute Gasteiger partial charge is 0.457 e. The molecule has 2 heterocycles. The fourth-order valence-corrected chi connectivity index (χ4v) is 4.96. The number of pyridine rings is 1. The molecular weight excluding hydrogens is 565 g/mol. The van der Waals surface area contributed by atoms with Crippen LogP contribution in [0.3, 0.4) is 0 Å². The molecule has 2 fully saturated rings. The number of nitrogens with one attached hydrogen (secondary N) is 3. The number of nitrogens with zero attached hydrogens (tertiary/aromatic N) is 4. The van der Waals surface area contributed by atoms with Crippen LogP contribution in [0.4, 0.5) is 26.4 Å². The van der Waals surface area contributed by atoms with Gasteiger partial charge in [0.15, 0.2) is 0 Å². The van der Waals surface area contributed by atoms with Crippen molar-refractivity contribution in [3.05, 3.63) is 72.7 Å². The summed E-state index contributed by atoms with van der Waals surface area (Å²) in [6, 6.07) is 15.9. The molecule has 1 aliphatic carbocycles. The highest BCUT2D eigenvalue weighted by molar-refractivity contribution is 6.16. The van der Waals surface area contributed by atoms with Gasteiger partial charge in [-0.3, -0.25) is 14.9 Å². The number of urea groups is 1. The third-order valence-corrected chi connectivity index (χ3v) is 7.78. The van der Waals surface area contributed by atoms with Crippen molar-refractivity contribution >= 4 is 35.0 Å². The first-order valence-electron chi connectivity index (χ1n) is 14.8. The molecule has 1 aromatic heterocycles. The third kappa shape index (κ3) is 7.88. The van der Waals surface area contributed by atoms with Gasteiger partial charge in [0.05, 0.1) is 5.69 Å². The summed E-state index contributed by atoms with van der Waals surface area (Å²) >= 11 is 0. The van der Waals surface area contributed by atoms with Crippen LogP contribution in [-0.4, -0.2) is 90.9 Å². The van der Waals surface area contributed by atoms with Crippen molar-refractivity contribution in [3.8, 4) is 11.5 Å². The zero-order chi connectivity index (χ0) is 31.1. The van der Waals surface area contributed by atoms with E-state index in [1.807, 2.05) is 20.2 Å². The van der Waals surface area contributed by atoms with Crippen molar-refractivity contribution in [1.29, 1.82) is 0 Å². The maximum atomic E-state index is 15.0. The van der Waals surface area contributed by atoms with Crippen molar-refractivity contribution in [2.75, 3.05) is 69.3 Å². The number of amides is 4. The number of ether oxygens (including phenoxy) is 1. The van der Waals surface area contributed by atoms with E-state index in [-0.39, 0.29) is 17.5 Å². The lowest BCUT2D eigenvalue weighted by molar-refractivity contribution is -0.131. The molecule has 0 atom stereocenters. The topological polar surface area (TPSA) is 119 Å². The minimum Gasteiger partial charge on any atom is -0.457 e. The molecule has 0 unspecified atom stereocenters. The SMILES string of the molecule is CN(C)CCN1CCCN(C(=O)Nc2cc(Oc3ccc(NC(=O)C4(C(=O)Nc5ccccc5)CC4)c(F)c3)ccn2)CC1. The first kappa shape index (κ1) is 30.9. The fraction of sp³-hybridized carbons (Fsp3) is 0.375. The number of carbonyl (C=O) groups is 3. The molecule has 2 aromatic carbocycles. The summed E-state index contributed by atoms with van der Waals surface area (Å²) in [4.78, 5) is 49.2. The first-order chi connectivity index (χ1) is 21.2. The number of halogens is 1. The molecule has 44 heavy (non-hydrogen) atoms. The zero-order valence-electron chi connectivity index (χ0n) is 25.0. The van der Waals surface area contributed by atoms with Crippen LogP contribution in [0.5, 0.6) is 11.5 Å². The predicted octanol–water partition coefficient (Wildman–Crippen LogP) is 4.47. The Labute approximate surface area is 256 Å². The van der Waals surface area contributed by atoms with Gasteiger partial charge in [0.2, 0.25) is 11.8 Å². The minimum atomic E-state index is -1.23. The molecule has 5 rings (SSSR count). The maximum absolute atomic E-state index is 15.0. The molecule has 12 heteroatoms. The predicted molar refractivity (Wildman–Crippen MR) is 166 cm³/mol. The van der Waals surface area contributed by atoms with Gasteiger partial charge in [-0.15, -0.1) is 0 Å². The number of hydrogen-bond donors (Lipinski definition) is 3. The van der Waals surface area contributed by atoms with E-state index >= 15 is 0 Å². The van der Waals surface area contributed by atoms with E-state index in [0.29, 0.717) is 43.2 Å². The Bertz CT molecular complexity index is 1480. The van der Waals surface area contributed by atoms with Crippen LogP contribution in [0.25, 0.3) is 0 Å². The molecule has 11 nitrogen and oxygen atoms in total. The Balaban J connectivity index is 1.15. The molecular formula is C32H38FN7O4. The van der Waals surface area contributed by atoms with Crippen LogP contribution in [0, 0.1) is 11.2 Å². The van der Waals surface area contributed by atoms with Crippen molar-refractivity contribution in [2.24, 2.45) is 5.41 Å². The fourth-order valence-electron chi connectivity index (χ4n) is 4.96. The third-order valence-electron chi connectivity index (χ3n) is 7.78. The van der Waals surface area contributed by atoms with E-state index in [1.165, 1.54) is 18.3 Å². The van der Waals surface area contributed by atoms with Gasteiger partial charge in [-0.25, -0.2) is 14.2 Å². The lowest BCUT2D eigenvalue weighted by Crippen LogP contribution is -2.39. The molecule has 2 aliphatic rings. The highest BCUT2D eigenvalue weighted by atomic mass is 19.1. The summed E-state index contributed by atoms with van der Waals surface area (Å²) in [6.45, 7) is 4.96. The normalized spacial score (nSPS) is 16.1. The Morgan fingerprint density at radius 2 is 1.66 bits per heavy atom. The highest BCUT2D eigenvalue weighted by Crippen LogP contribution is 2.47. The van der Waals surface area contributed by atoms with Gasteiger partial charge in [0.25, 0.3) is 0 Å². The average Bonchev–Trinajstić information content (AvgIpc) is 3.84. The number of benzene rings is 2. The van der Waals surface area contributed by atoms with E-state index < -0.39 is 23.0 Å². The lowest BCUT2D eigenvalue weighted by Gasteiger charge is -2.23. The number of para-hydroxylation sites is 1. The van der Waals surface area contributed by atoms with Crippen LogP contribution in [0.1, 0.15) is 19.3 Å². The molecule has 0 bridgehead atoms. The van der Waals surface area contributed by atoms with Gasteiger partial charge in [-0.05, 0) is 70.2 Å². The summed E-state index contributed by atoms with van der Waals surface area (Å²) in [7, 11) is 4.10. The monoisotopic (exact) mass is 603 g/mol. The molecule has 1 aliphatic heterocycles. The second-order valence-corrected chi connectivity index (χ2v) is 11.4. The van der Waals surface area contributed by atoms with Gasteiger partial charge < -0.3 is 30.1 Å². The average molecular weight is 604 g/mol. The molecule has 1 saturated heterocycles. The van der Waals surface area contributed by atoms with Crippen molar-refractivity contribution in [2.45, 2.75) is 19.3 Å². The minimum absolute atomic E-state index is 0.0541. The molecule has 4 amide bonds. The quantitative estimate of drug-likeness (QED) is 0.293. The first-order valence-corrected chi connectivity index (χ1v) is 14.8. The van der Waals surface area contributed by atoms with Crippen LogP contribution in [0.15, 0.2) is 66.9 Å². The second kappa shape index (κ2) is 13.8. The molecule has 1 saturated carbocycles. The number of aromatic nitrogens is 1. The number of hydrogen-bond acceptors (Lipinski definition) is 7. The van der Waals surface area contributed by atoms with Crippen LogP contribution in [0.2, 0.25) is 0 Å². The van der Waals surface area contributed by atoms with Gasteiger partial charge in [-0.1, -0.05) is 18.2 Å². The summed E-state index contributed by atoms with van der Waals surface area (Å²) in [5, 5.41) is 8.14. The van der Waals surface area contributed by atoms with Gasteiger partial charge in [0, 0.05) is 56.7 Å². The van der Waals surface area contributed by atoms with Crippen LogP contribution >= 0.6 is 0 Å². The molecule has 3 aromatic rings. The Kier molecular flexibility index (Phi) is 9.71. The summed E-state index contributed by atoms with van der Waals surface area (Å²) in [6.07, 6.45) is 3.15. The summed E-state index contributed by atoms with van der Waals surface area (Å²) < 4.78 is 20.8. The summed E-state index contributed by atoms with van der Waals surface area (Å²) in [5.41, 5.74) is -0.692. The Hall–Kier alpha value is -4.55. The molecule has 232 valence electrons. The number of anilines is 3. The van der Waals surface area contributed by atoms with Crippen LogP contribution < -0.4 is 20.7 Å². The second-order valence-electron chi connectivity index (χ2n) is 11.4.